The van der Waals surface area contributed by atoms with Gasteiger partial charge in [0.15, 0.2) is 12.3 Å². The van der Waals surface area contributed by atoms with Crippen LogP contribution in [0.4, 0.5) is 11.5 Å². The summed E-state index contributed by atoms with van der Waals surface area (Å²) in [5, 5.41) is 0.376. The molecule has 0 aliphatic carbocycles. The molecule has 0 radical (unpaired) electrons. The van der Waals surface area contributed by atoms with Crippen molar-refractivity contribution >= 4 is 29.0 Å². The molecule has 1 aromatic heterocycles. The molecule has 0 saturated carbocycles. The summed E-state index contributed by atoms with van der Waals surface area (Å²) in [6.45, 7) is 6.06. The Labute approximate surface area is 174 Å². The first-order chi connectivity index (χ1) is 13.8. The second-order valence-corrected chi connectivity index (χ2v) is 7.52. The van der Waals surface area contributed by atoms with Gasteiger partial charge in [0.05, 0.1) is 5.02 Å². The van der Waals surface area contributed by atoms with Crippen molar-refractivity contribution in [1.82, 2.24) is 9.55 Å². The Morgan fingerprint density at radius 1 is 1.31 bits per heavy atom. The molecule has 0 bridgehead atoms. The van der Waals surface area contributed by atoms with Gasteiger partial charge in [-0.25, -0.2) is 4.79 Å². The Balaban J connectivity index is 2.39. The monoisotopic (exact) mass is 422 g/mol. The number of unbranched alkanes of at least 4 members (excludes halogenated alkanes) is 1. The maximum Gasteiger partial charge on any atom is 0.330 e. The lowest BCUT2D eigenvalue weighted by atomic mass is 10.2. The molecule has 2 aromatic rings. The number of aromatic nitrogens is 2. The molecule has 3 N–H and O–H groups in total. The van der Waals surface area contributed by atoms with Crippen LogP contribution in [0.15, 0.2) is 33.9 Å². The van der Waals surface area contributed by atoms with Crippen molar-refractivity contribution in [1.29, 1.82) is 0 Å². The second-order valence-electron chi connectivity index (χ2n) is 7.12. The third-order valence-electron chi connectivity index (χ3n) is 4.26. The average Bonchev–Trinajstić information content (AvgIpc) is 2.65. The minimum Gasteiger partial charge on any atom is -0.482 e. The van der Waals surface area contributed by atoms with Gasteiger partial charge in [0.2, 0.25) is 0 Å². The first-order valence-electron chi connectivity index (χ1n) is 9.56. The summed E-state index contributed by atoms with van der Waals surface area (Å²) in [5.41, 5.74) is 4.83. The van der Waals surface area contributed by atoms with Gasteiger partial charge in [-0.1, -0.05) is 50.9 Å². The van der Waals surface area contributed by atoms with Crippen LogP contribution in [0.1, 0.15) is 33.6 Å². The van der Waals surface area contributed by atoms with E-state index in [1.165, 1.54) is 9.47 Å². The van der Waals surface area contributed by atoms with Crippen molar-refractivity contribution in [2.45, 2.75) is 40.2 Å². The fourth-order valence-electron chi connectivity index (χ4n) is 2.84. The third-order valence-corrected chi connectivity index (χ3v) is 4.57. The number of hydrogen-bond acceptors (Lipinski definition) is 5. The van der Waals surface area contributed by atoms with E-state index in [9.17, 15) is 14.4 Å². The van der Waals surface area contributed by atoms with Crippen LogP contribution in [0, 0.1) is 5.92 Å². The van der Waals surface area contributed by atoms with E-state index in [0.29, 0.717) is 23.7 Å². The van der Waals surface area contributed by atoms with E-state index in [0.717, 1.165) is 6.42 Å². The first-order valence-corrected chi connectivity index (χ1v) is 9.94. The first kappa shape index (κ1) is 22.5. The lowest BCUT2D eigenvalue weighted by Gasteiger charge is -2.26. The van der Waals surface area contributed by atoms with Crippen LogP contribution in [0.3, 0.4) is 0 Å². The van der Waals surface area contributed by atoms with Gasteiger partial charge in [-0.15, -0.1) is 0 Å². The molecule has 1 aromatic carbocycles. The summed E-state index contributed by atoms with van der Waals surface area (Å²) in [6, 6.07) is 6.79. The van der Waals surface area contributed by atoms with Crippen LogP contribution in [-0.4, -0.2) is 28.6 Å². The highest BCUT2D eigenvalue weighted by atomic mass is 35.5. The number of nitrogens with one attached hydrogen (secondary N) is 1. The van der Waals surface area contributed by atoms with E-state index in [2.05, 4.69) is 4.98 Å². The third kappa shape index (κ3) is 5.63. The van der Waals surface area contributed by atoms with Crippen molar-refractivity contribution in [3.63, 3.8) is 0 Å². The standard InChI is InChI=1S/C20H27ClN4O4/c1-4-5-10-24-18(22)17(19(27)23-20(24)28)25(11-13(2)3)16(26)12-29-15-9-7-6-8-14(15)21/h6-9,13H,4-5,10-12,22H2,1-3H3,(H,23,27,28). The zero-order chi connectivity index (χ0) is 21.6. The Bertz CT molecular complexity index is 968. The predicted octanol–water partition coefficient (Wildman–Crippen LogP) is 2.64. The van der Waals surface area contributed by atoms with Crippen molar-refractivity contribution < 1.29 is 9.53 Å². The number of amides is 1. The number of halogens is 1. The number of H-pyrrole nitrogens is 1. The Morgan fingerprint density at radius 2 is 2.00 bits per heavy atom. The number of benzene rings is 1. The predicted molar refractivity (Wildman–Crippen MR) is 115 cm³/mol. The molecule has 0 aliphatic heterocycles. The zero-order valence-corrected chi connectivity index (χ0v) is 17.7. The number of carbonyl (C=O) groups is 1. The lowest BCUT2D eigenvalue weighted by Crippen LogP contribution is -2.44. The summed E-state index contributed by atoms with van der Waals surface area (Å²) in [6.07, 6.45) is 1.56. The minimum absolute atomic E-state index is 0.0288. The summed E-state index contributed by atoms with van der Waals surface area (Å²) in [7, 11) is 0. The van der Waals surface area contributed by atoms with E-state index in [1.807, 2.05) is 20.8 Å². The SMILES string of the molecule is CCCCn1c(N)c(N(CC(C)C)C(=O)COc2ccccc2Cl)c(=O)[nH]c1=O. The minimum atomic E-state index is -0.702. The van der Waals surface area contributed by atoms with E-state index in [1.54, 1.807) is 24.3 Å². The molecule has 0 atom stereocenters. The molecule has 0 fully saturated rings. The summed E-state index contributed by atoms with van der Waals surface area (Å²) >= 11 is 6.06. The molecule has 29 heavy (non-hydrogen) atoms. The molecular formula is C20H27ClN4O4. The number of nitrogens with zero attached hydrogens (tertiary/aromatic N) is 2. The van der Waals surface area contributed by atoms with E-state index in [-0.39, 0.29) is 30.6 Å². The van der Waals surface area contributed by atoms with Crippen molar-refractivity contribution in [3.05, 3.63) is 50.1 Å². The Kier molecular flexibility index (Phi) is 7.90. The van der Waals surface area contributed by atoms with Gasteiger partial charge in [0, 0.05) is 13.1 Å². The van der Waals surface area contributed by atoms with E-state index in [4.69, 9.17) is 22.1 Å². The number of hydrogen-bond donors (Lipinski definition) is 2. The molecule has 1 heterocycles. The summed E-state index contributed by atoms with van der Waals surface area (Å²) in [5.74, 6) is -0.0775. The van der Waals surface area contributed by atoms with Gasteiger partial charge in [-0.3, -0.25) is 19.1 Å². The summed E-state index contributed by atoms with van der Waals surface area (Å²) in [4.78, 5) is 41.2. The van der Waals surface area contributed by atoms with Crippen LogP contribution < -0.4 is 26.6 Å². The molecule has 158 valence electrons. The maximum absolute atomic E-state index is 12.9. The van der Waals surface area contributed by atoms with E-state index >= 15 is 0 Å². The molecule has 0 spiro atoms. The second kappa shape index (κ2) is 10.2. The van der Waals surface area contributed by atoms with Crippen molar-refractivity contribution in [2.75, 3.05) is 23.8 Å². The van der Waals surface area contributed by atoms with Crippen LogP contribution in [-0.2, 0) is 11.3 Å². The van der Waals surface area contributed by atoms with Crippen LogP contribution in [0.25, 0.3) is 0 Å². The number of ether oxygens (including phenoxy) is 1. The number of aromatic amines is 1. The summed E-state index contributed by atoms with van der Waals surface area (Å²) < 4.78 is 6.82. The highest BCUT2D eigenvalue weighted by Gasteiger charge is 2.25. The van der Waals surface area contributed by atoms with Crippen molar-refractivity contribution in [3.8, 4) is 5.75 Å². The van der Waals surface area contributed by atoms with Gasteiger partial charge in [0.25, 0.3) is 11.5 Å². The number of nitrogens with two attached hydrogens (primary N) is 1. The number of rotatable bonds is 9. The average molecular weight is 423 g/mol. The highest BCUT2D eigenvalue weighted by Crippen LogP contribution is 2.24. The number of anilines is 2. The van der Waals surface area contributed by atoms with Gasteiger partial charge in [-0.2, -0.15) is 0 Å². The molecule has 0 saturated heterocycles. The van der Waals surface area contributed by atoms with Gasteiger partial charge in [0.1, 0.15) is 11.6 Å². The maximum atomic E-state index is 12.9. The van der Waals surface area contributed by atoms with Gasteiger partial charge >= 0.3 is 5.69 Å². The molecule has 0 unspecified atom stereocenters. The normalized spacial score (nSPS) is 10.9. The smallest absolute Gasteiger partial charge is 0.330 e. The van der Waals surface area contributed by atoms with Gasteiger partial charge < -0.3 is 15.4 Å². The molecule has 1 amide bonds. The van der Waals surface area contributed by atoms with E-state index < -0.39 is 17.2 Å². The van der Waals surface area contributed by atoms with Crippen LogP contribution in [0.5, 0.6) is 5.75 Å². The lowest BCUT2D eigenvalue weighted by molar-refractivity contribution is -0.120. The highest BCUT2D eigenvalue weighted by molar-refractivity contribution is 6.32. The van der Waals surface area contributed by atoms with Crippen molar-refractivity contribution in [2.24, 2.45) is 5.92 Å². The van der Waals surface area contributed by atoms with Gasteiger partial charge in [-0.05, 0) is 24.5 Å². The number of para-hydroxylation sites is 1. The fraction of sp³-hybridized carbons (Fsp3) is 0.450. The largest absolute Gasteiger partial charge is 0.482 e. The quantitative estimate of drug-likeness (QED) is 0.645. The Hall–Kier alpha value is -2.74. The molecule has 8 nitrogen and oxygen atoms in total. The molecule has 9 heteroatoms. The molecule has 2 rings (SSSR count). The number of nitrogen functional groups attached to an aromatic ring is 1. The Morgan fingerprint density at radius 3 is 2.62 bits per heavy atom. The number of carbonyl (C=O) groups excluding carboxylic acids is 1. The van der Waals surface area contributed by atoms with Crippen LogP contribution in [0.2, 0.25) is 5.02 Å². The fourth-order valence-corrected chi connectivity index (χ4v) is 3.03. The molecular weight excluding hydrogens is 396 g/mol. The molecule has 0 aliphatic rings. The topological polar surface area (TPSA) is 110 Å². The van der Waals surface area contributed by atoms with Crippen LogP contribution >= 0.6 is 11.6 Å². The zero-order valence-electron chi connectivity index (χ0n) is 16.9.